The Labute approximate surface area is 130 Å². The summed E-state index contributed by atoms with van der Waals surface area (Å²) < 4.78 is 5.03. The van der Waals surface area contributed by atoms with Crippen LogP contribution in [0, 0.1) is 0 Å². The molecule has 0 aromatic carbocycles. The van der Waals surface area contributed by atoms with Gasteiger partial charge in [0.05, 0.1) is 7.11 Å². The molecule has 4 nitrogen and oxygen atoms in total. The maximum absolute atomic E-state index is 12.2. The highest BCUT2D eigenvalue weighted by molar-refractivity contribution is 5.80. The first-order valence-electron chi connectivity index (χ1n) is 8.61. The van der Waals surface area contributed by atoms with Gasteiger partial charge in [-0.25, -0.2) is 0 Å². The largest absolute Gasteiger partial charge is 0.468 e. The van der Waals surface area contributed by atoms with E-state index in [2.05, 4.69) is 24.1 Å². The molecule has 124 valence electrons. The number of rotatable bonds is 7. The standard InChI is InChI=1S/C17H34N2O2/c1-5-11-18-17(3,16(20)21-4)14-15(2)19-12-9-7-6-8-10-13-19/h15,18H,5-14H2,1-4H3. The first kappa shape index (κ1) is 18.4. The summed E-state index contributed by atoms with van der Waals surface area (Å²) in [4.78, 5) is 14.7. The quantitative estimate of drug-likeness (QED) is 0.734. The second-order valence-corrected chi connectivity index (χ2v) is 6.61. The van der Waals surface area contributed by atoms with Gasteiger partial charge in [0.25, 0.3) is 0 Å². The van der Waals surface area contributed by atoms with Crippen molar-refractivity contribution in [2.75, 3.05) is 26.7 Å². The smallest absolute Gasteiger partial charge is 0.325 e. The first-order valence-corrected chi connectivity index (χ1v) is 8.61. The molecular formula is C17H34N2O2. The molecule has 21 heavy (non-hydrogen) atoms. The monoisotopic (exact) mass is 298 g/mol. The fourth-order valence-electron chi connectivity index (χ4n) is 3.29. The molecule has 1 saturated heterocycles. The molecule has 1 aliphatic heterocycles. The summed E-state index contributed by atoms with van der Waals surface area (Å²) in [6.45, 7) is 9.51. The molecule has 0 saturated carbocycles. The third kappa shape index (κ3) is 5.95. The molecule has 0 aromatic heterocycles. The Morgan fingerprint density at radius 1 is 1.24 bits per heavy atom. The van der Waals surface area contributed by atoms with Gasteiger partial charge in [0.1, 0.15) is 5.54 Å². The fraction of sp³-hybridized carbons (Fsp3) is 0.941. The van der Waals surface area contributed by atoms with Crippen molar-refractivity contribution >= 4 is 5.97 Å². The van der Waals surface area contributed by atoms with Crippen LogP contribution in [0.25, 0.3) is 0 Å². The number of carbonyl (C=O) groups is 1. The number of esters is 1. The normalized spacial score (nSPS) is 21.9. The zero-order valence-electron chi connectivity index (χ0n) is 14.4. The van der Waals surface area contributed by atoms with Crippen molar-refractivity contribution in [3.8, 4) is 0 Å². The minimum absolute atomic E-state index is 0.144. The van der Waals surface area contributed by atoms with Gasteiger partial charge < -0.3 is 15.0 Å². The Hall–Kier alpha value is -0.610. The minimum atomic E-state index is -0.577. The Kier molecular flexibility index (Phi) is 8.27. The molecule has 1 N–H and O–H groups in total. The molecule has 1 aliphatic rings. The zero-order chi connectivity index (χ0) is 15.7. The highest BCUT2D eigenvalue weighted by Crippen LogP contribution is 2.21. The van der Waals surface area contributed by atoms with Crippen LogP contribution >= 0.6 is 0 Å². The first-order chi connectivity index (χ1) is 10.0. The van der Waals surface area contributed by atoms with Gasteiger partial charge in [-0.15, -0.1) is 0 Å². The summed E-state index contributed by atoms with van der Waals surface area (Å²) in [6, 6.07) is 0.400. The van der Waals surface area contributed by atoms with Crippen LogP contribution in [-0.2, 0) is 9.53 Å². The van der Waals surface area contributed by atoms with Crippen molar-refractivity contribution < 1.29 is 9.53 Å². The number of ether oxygens (including phenoxy) is 1. The predicted molar refractivity (Wildman–Crippen MR) is 87.5 cm³/mol. The number of hydrogen-bond acceptors (Lipinski definition) is 4. The van der Waals surface area contributed by atoms with Crippen LogP contribution in [0.2, 0.25) is 0 Å². The van der Waals surface area contributed by atoms with Gasteiger partial charge in [0.2, 0.25) is 0 Å². The molecule has 2 unspecified atom stereocenters. The summed E-state index contributed by atoms with van der Waals surface area (Å²) >= 11 is 0. The lowest BCUT2D eigenvalue weighted by Crippen LogP contribution is -2.54. The van der Waals surface area contributed by atoms with Gasteiger partial charge in [-0.3, -0.25) is 4.79 Å². The lowest BCUT2D eigenvalue weighted by Gasteiger charge is -2.37. The number of carbonyl (C=O) groups excluding carboxylic acids is 1. The van der Waals surface area contributed by atoms with E-state index in [0.717, 1.165) is 32.5 Å². The Morgan fingerprint density at radius 2 is 1.81 bits per heavy atom. The topological polar surface area (TPSA) is 41.6 Å². The summed E-state index contributed by atoms with van der Waals surface area (Å²) in [5.41, 5.74) is -0.577. The van der Waals surface area contributed by atoms with E-state index in [1.807, 2.05) is 6.92 Å². The average Bonchev–Trinajstić information content (AvgIpc) is 2.43. The van der Waals surface area contributed by atoms with E-state index in [-0.39, 0.29) is 5.97 Å². The summed E-state index contributed by atoms with van der Waals surface area (Å²) in [6.07, 6.45) is 8.44. The van der Waals surface area contributed by atoms with E-state index >= 15 is 0 Å². The van der Waals surface area contributed by atoms with Crippen LogP contribution in [0.15, 0.2) is 0 Å². The molecule has 1 rings (SSSR count). The van der Waals surface area contributed by atoms with Gasteiger partial charge in [0.15, 0.2) is 0 Å². The molecule has 0 bridgehead atoms. The van der Waals surface area contributed by atoms with Crippen LogP contribution in [-0.4, -0.2) is 49.2 Å². The molecule has 1 fully saturated rings. The number of nitrogens with one attached hydrogen (secondary N) is 1. The molecule has 4 heteroatoms. The molecule has 0 amide bonds. The van der Waals surface area contributed by atoms with E-state index in [0.29, 0.717) is 6.04 Å². The van der Waals surface area contributed by atoms with E-state index in [4.69, 9.17) is 4.74 Å². The molecule has 0 aromatic rings. The van der Waals surface area contributed by atoms with Crippen LogP contribution in [0.4, 0.5) is 0 Å². The van der Waals surface area contributed by atoms with Crippen molar-refractivity contribution in [3.05, 3.63) is 0 Å². The predicted octanol–water partition coefficient (Wildman–Crippen LogP) is 2.96. The van der Waals surface area contributed by atoms with Crippen LogP contribution in [0.1, 0.15) is 65.7 Å². The van der Waals surface area contributed by atoms with Crippen molar-refractivity contribution in [2.24, 2.45) is 0 Å². The highest BCUT2D eigenvalue weighted by atomic mass is 16.5. The Morgan fingerprint density at radius 3 is 2.33 bits per heavy atom. The Balaban J connectivity index is 2.64. The highest BCUT2D eigenvalue weighted by Gasteiger charge is 2.36. The van der Waals surface area contributed by atoms with E-state index in [9.17, 15) is 4.79 Å². The number of methoxy groups -OCH3 is 1. The van der Waals surface area contributed by atoms with Crippen molar-refractivity contribution in [2.45, 2.75) is 77.3 Å². The van der Waals surface area contributed by atoms with E-state index in [1.54, 1.807) is 0 Å². The summed E-state index contributed by atoms with van der Waals surface area (Å²) in [5.74, 6) is -0.144. The van der Waals surface area contributed by atoms with Gasteiger partial charge in [-0.1, -0.05) is 26.2 Å². The average molecular weight is 298 g/mol. The van der Waals surface area contributed by atoms with E-state index < -0.39 is 5.54 Å². The molecule has 0 spiro atoms. The van der Waals surface area contributed by atoms with Crippen molar-refractivity contribution in [3.63, 3.8) is 0 Å². The SMILES string of the molecule is CCCNC(C)(CC(C)N1CCCCCCC1)C(=O)OC. The molecule has 1 heterocycles. The van der Waals surface area contributed by atoms with Crippen molar-refractivity contribution in [1.29, 1.82) is 0 Å². The lowest BCUT2D eigenvalue weighted by atomic mass is 9.92. The van der Waals surface area contributed by atoms with Crippen LogP contribution in [0.5, 0.6) is 0 Å². The molecular weight excluding hydrogens is 264 g/mol. The van der Waals surface area contributed by atoms with Crippen molar-refractivity contribution in [1.82, 2.24) is 10.2 Å². The number of hydrogen-bond donors (Lipinski definition) is 1. The molecule has 2 atom stereocenters. The second-order valence-electron chi connectivity index (χ2n) is 6.61. The molecule has 0 radical (unpaired) electrons. The second kappa shape index (κ2) is 9.42. The maximum atomic E-state index is 12.2. The minimum Gasteiger partial charge on any atom is -0.468 e. The van der Waals surface area contributed by atoms with Crippen LogP contribution in [0.3, 0.4) is 0 Å². The Bertz CT molecular complexity index is 301. The number of likely N-dealkylation sites (tertiary alicyclic amines) is 1. The van der Waals surface area contributed by atoms with Gasteiger partial charge >= 0.3 is 5.97 Å². The lowest BCUT2D eigenvalue weighted by molar-refractivity contribution is -0.148. The van der Waals surface area contributed by atoms with E-state index in [1.165, 1.54) is 39.2 Å². The number of nitrogens with zero attached hydrogens (tertiary/aromatic N) is 1. The maximum Gasteiger partial charge on any atom is 0.325 e. The zero-order valence-corrected chi connectivity index (χ0v) is 14.4. The van der Waals surface area contributed by atoms with Crippen LogP contribution < -0.4 is 5.32 Å². The summed E-state index contributed by atoms with van der Waals surface area (Å²) in [7, 11) is 1.48. The van der Waals surface area contributed by atoms with Gasteiger partial charge in [-0.05, 0) is 59.2 Å². The summed E-state index contributed by atoms with van der Waals surface area (Å²) in [5, 5.41) is 3.39. The fourth-order valence-corrected chi connectivity index (χ4v) is 3.29. The third-order valence-corrected chi connectivity index (χ3v) is 4.62. The van der Waals surface area contributed by atoms with Gasteiger partial charge in [0, 0.05) is 6.04 Å². The van der Waals surface area contributed by atoms with Gasteiger partial charge in [-0.2, -0.15) is 0 Å². The molecule has 0 aliphatic carbocycles. The third-order valence-electron chi connectivity index (χ3n) is 4.62.